The van der Waals surface area contributed by atoms with E-state index in [0.29, 0.717) is 5.56 Å². The summed E-state index contributed by atoms with van der Waals surface area (Å²) < 4.78 is 1.96. The molecule has 0 amide bonds. The van der Waals surface area contributed by atoms with Crippen LogP contribution >= 0.6 is 0 Å². The Morgan fingerprint density at radius 1 is 1.09 bits per heavy atom. The predicted octanol–water partition coefficient (Wildman–Crippen LogP) is 4.16. The molecule has 1 aromatic heterocycles. The molecule has 0 spiro atoms. The fourth-order valence-electron chi connectivity index (χ4n) is 2.61. The van der Waals surface area contributed by atoms with Crippen LogP contribution < -0.4 is 5.73 Å². The molecule has 0 aliphatic carbocycles. The molecule has 0 saturated carbocycles. The summed E-state index contributed by atoms with van der Waals surface area (Å²) >= 11 is 0. The smallest absolute Gasteiger partial charge is 0.101 e. The van der Waals surface area contributed by atoms with Crippen molar-refractivity contribution < 1.29 is 0 Å². The molecule has 108 valence electrons. The van der Waals surface area contributed by atoms with Crippen LogP contribution in [0.4, 0.5) is 5.69 Å². The summed E-state index contributed by atoms with van der Waals surface area (Å²) in [5.74, 6) is 0. The number of benzene rings is 2. The zero-order valence-electron chi connectivity index (χ0n) is 12.5. The first-order valence-electron chi connectivity index (χ1n) is 7.29. The summed E-state index contributed by atoms with van der Waals surface area (Å²) in [6.45, 7) is 2.09. The van der Waals surface area contributed by atoms with Crippen molar-refractivity contribution in [3.8, 4) is 22.9 Å². The lowest BCUT2D eigenvalue weighted by Crippen LogP contribution is -1.96. The molecule has 3 heteroatoms. The summed E-state index contributed by atoms with van der Waals surface area (Å²) in [5.41, 5.74) is 11.6. The van der Waals surface area contributed by atoms with Gasteiger partial charge >= 0.3 is 0 Å². The standard InChI is InChI=1S/C19H17N3/c1-2-14-8-9-17(10-19(14)21)22-12-16(11-20)18(13-22)15-6-4-3-5-7-15/h3-10,12-13H,2,21H2,1H3. The molecule has 2 N–H and O–H groups in total. The summed E-state index contributed by atoms with van der Waals surface area (Å²) in [5, 5.41) is 9.39. The average Bonchev–Trinajstić information content (AvgIpc) is 3.00. The number of nitrogen functional groups attached to an aromatic ring is 1. The third-order valence-corrected chi connectivity index (χ3v) is 3.84. The topological polar surface area (TPSA) is 54.7 Å². The van der Waals surface area contributed by atoms with Crippen LogP contribution in [0.3, 0.4) is 0 Å². The van der Waals surface area contributed by atoms with Gasteiger partial charge in [0.2, 0.25) is 0 Å². The van der Waals surface area contributed by atoms with Crippen molar-refractivity contribution in [3.05, 3.63) is 72.1 Å². The Kier molecular flexibility index (Phi) is 3.67. The van der Waals surface area contributed by atoms with Gasteiger partial charge in [-0.2, -0.15) is 5.26 Å². The minimum atomic E-state index is 0.657. The van der Waals surface area contributed by atoms with E-state index in [1.54, 1.807) is 0 Å². The number of nitriles is 1. The summed E-state index contributed by atoms with van der Waals surface area (Å²) in [7, 11) is 0. The van der Waals surface area contributed by atoms with Gasteiger partial charge in [0, 0.05) is 29.3 Å². The first-order valence-corrected chi connectivity index (χ1v) is 7.29. The van der Waals surface area contributed by atoms with E-state index in [4.69, 9.17) is 5.73 Å². The van der Waals surface area contributed by atoms with Crippen LogP contribution in [0.1, 0.15) is 18.1 Å². The number of anilines is 1. The zero-order valence-corrected chi connectivity index (χ0v) is 12.5. The Bertz CT molecular complexity index is 839. The molecule has 0 aliphatic rings. The molecule has 0 saturated heterocycles. The monoisotopic (exact) mass is 287 g/mol. The quantitative estimate of drug-likeness (QED) is 0.735. The van der Waals surface area contributed by atoms with Crippen molar-refractivity contribution in [2.45, 2.75) is 13.3 Å². The van der Waals surface area contributed by atoms with E-state index in [2.05, 4.69) is 13.0 Å². The van der Waals surface area contributed by atoms with Crippen molar-refractivity contribution in [2.75, 3.05) is 5.73 Å². The van der Waals surface area contributed by atoms with Gasteiger partial charge in [-0.05, 0) is 29.7 Å². The van der Waals surface area contributed by atoms with E-state index in [1.165, 1.54) is 0 Å². The lowest BCUT2D eigenvalue weighted by atomic mass is 10.1. The molecule has 3 nitrogen and oxygen atoms in total. The van der Waals surface area contributed by atoms with Crippen LogP contribution in [0.5, 0.6) is 0 Å². The molecule has 0 unspecified atom stereocenters. The highest BCUT2D eigenvalue weighted by molar-refractivity contribution is 5.71. The number of rotatable bonds is 3. The fraction of sp³-hybridized carbons (Fsp3) is 0.105. The fourth-order valence-corrected chi connectivity index (χ4v) is 2.61. The van der Waals surface area contributed by atoms with E-state index < -0.39 is 0 Å². The zero-order chi connectivity index (χ0) is 15.5. The molecule has 0 radical (unpaired) electrons. The highest BCUT2D eigenvalue weighted by Crippen LogP contribution is 2.27. The van der Waals surface area contributed by atoms with Crippen LogP contribution in [-0.2, 0) is 6.42 Å². The van der Waals surface area contributed by atoms with Gasteiger partial charge in [-0.1, -0.05) is 43.3 Å². The average molecular weight is 287 g/mol. The first kappa shape index (κ1) is 14.0. The number of nitrogens with zero attached hydrogens (tertiary/aromatic N) is 2. The van der Waals surface area contributed by atoms with Crippen LogP contribution in [0.2, 0.25) is 0 Å². The van der Waals surface area contributed by atoms with E-state index in [9.17, 15) is 5.26 Å². The van der Waals surface area contributed by atoms with Crippen LogP contribution in [0.25, 0.3) is 16.8 Å². The van der Waals surface area contributed by atoms with Crippen molar-refractivity contribution in [2.24, 2.45) is 0 Å². The molecule has 0 fully saturated rings. The van der Waals surface area contributed by atoms with Gasteiger partial charge in [0.1, 0.15) is 6.07 Å². The highest BCUT2D eigenvalue weighted by atomic mass is 14.9. The molecular weight excluding hydrogens is 270 g/mol. The molecule has 22 heavy (non-hydrogen) atoms. The van der Waals surface area contributed by atoms with Crippen LogP contribution in [-0.4, -0.2) is 4.57 Å². The third kappa shape index (κ3) is 2.47. The number of aromatic nitrogens is 1. The predicted molar refractivity (Wildman–Crippen MR) is 89.7 cm³/mol. The molecule has 2 aromatic carbocycles. The second-order valence-corrected chi connectivity index (χ2v) is 5.21. The lowest BCUT2D eigenvalue weighted by Gasteiger charge is -2.07. The summed E-state index contributed by atoms with van der Waals surface area (Å²) in [6.07, 6.45) is 4.74. The Balaban J connectivity index is 2.08. The van der Waals surface area contributed by atoms with Crippen molar-refractivity contribution in [1.29, 1.82) is 5.26 Å². The van der Waals surface area contributed by atoms with Gasteiger partial charge < -0.3 is 10.3 Å². The number of hydrogen-bond acceptors (Lipinski definition) is 2. The normalized spacial score (nSPS) is 10.4. The van der Waals surface area contributed by atoms with E-state index >= 15 is 0 Å². The SMILES string of the molecule is CCc1ccc(-n2cc(C#N)c(-c3ccccc3)c2)cc1N. The lowest BCUT2D eigenvalue weighted by molar-refractivity contribution is 1.07. The second kappa shape index (κ2) is 5.79. The van der Waals surface area contributed by atoms with Gasteiger partial charge in [-0.15, -0.1) is 0 Å². The number of nitrogens with two attached hydrogens (primary N) is 1. The van der Waals surface area contributed by atoms with E-state index in [1.807, 2.05) is 65.5 Å². The first-order chi connectivity index (χ1) is 10.7. The Morgan fingerprint density at radius 2 is 1.86 bits per heavy atom. The summed E-state index contributed by atoms with van der Waals surface area (Å²) in [4.78, 5) is 0. The molecule has 0 atom stereocenters. The largest absolute Gasteiger partial charge is 0.398 e. The Labute approximate surface area is 130 Å². The third-order valence-electron chi connectivity index (χ3n) is 3.84. The maximum Gasteiger partial charge on any atom is 0.101 e. The molecule has 3 rings (SSSR count). The van der Waals surface area contributed by atoms with E-state index in [-0.39, 0.29) is 0 Å². The van der Waals surface area contributed by atoms with Gasteiger partial charge in [0.05, 0.1) is 5.56 Å². The van der Waals surface area contributed by atoms with Crippen molar-refractivity contribution in [1.82, 2.24) is 4.57 Å². The number of aryl methyl sites for hydroxylation is 1. The minimum Gasteiger partial charge on any atom is -0.398 e. The molecule has 0 bridgehead atoms. The number of hydrogen-bond donors (Lipinski definition) is 1. The minimum absolute atomic E-state index is 0.657. The van der Waals surface area contributed by atoms with Gasteiger partial charge in [-0.3, -0.25) is 0 Å². The molecule has 0 aliphatic heterocycles. The molecule has 3 aromatic rings. The highest BCUT2D eigenvalue weighted by Gasteiger charge is 2.10. The van der Waals surface area contributed by atoms with Crippen molar-refractivity contribution in [3.63, 3.8) is 0 Å². The Morgan fingerprint density at radius 3 is 2.50 bits per heavy atom. The van der Waals surface area contributed by atoms with Gasteiger partial charge in [0.15, 0.2) is 0 Å². The second-order valence-electron chi connectivity index (χ2n) is 5.21. The molecular formula is C19H17N3. The van der Waals surface area contributed by atoms with Crippen LogP contribution in [0.15, 0.2) is 60.9 Å². The van der Waals surface area contributed by atoms with Crippen molar-refractivity contribution >= 4 is 5.69 Å². The maximum atomic E-state index is 9.39. The Hall–Kier alpha value is -2.99. The van der Waals surface area contributed by atoms with Gasteiger partial charge in [-0.25, -0.2) is 0 Å². The maximum absolute atomic E-state index is 9.39. The summed E-state index contributed by atoms with van der Waals surface area (Å²) in [6, 6.07) is 18.2. The molecule has 1 heterocycles. The van der Waals surface area contributed by atoms with Crippen LogP contribution in [0, 0.1) is 11.3 Å². The van der Waals surface area contributed by atoms with E-state index in [0.717, 1.165) is 34.5 Å². The van der Waals surface area contributed by atoms with Gasteiger partial charge in [0.25, 0.3) is 0 Å².